The summed E-state index contributed by atoms with van der Waals surface area (Å²) in [5.41, 5.74) is 3.38. The van der Waals surface area contributed by atoms with Gasteiger partial charge >= 0.3 is 0 Å². The van der Waals surface area contributed by atoms with E-state index in [9.17, 15) is 9.59 Å². The molecule has 0 fully saturated rings. The Morgan fingerprint density at radius 1 is 1.21 bits per heavy atom. The number of nitrogens with one attached hydrogen (secondary N) is 2. The summed E-state index contributed by atoms with van der Waals surface area (Å²) in [4.78, 5) is 34.1. The van der Waals surface area contributed by atoms with E-state index in [1.807, 2.05) is 18.2 Å². The molecule has 0 aliphatic rings. The third-order valence-corrected chi connectivity index (χ3v) is 4.93. The zero-order chi connectivity index (χ0) is 20.4. The topological polar surface area (TPSA) is 92.2 Å². The van der Waals surface area contributed by atoms with E-state index in [1.165, 1.54) is 10.7 Å². The molecular weight excluding hydrogens is 390 g/mol. The number of amides is 1. The number of fused-ring (bicyclic) bond motifs is 1. The number of benzene rings is 1. The second kappa shape index (κ2) is 7.89. The first-order chi connectivity index (χ1) is 14.0. The summed E-state index contributed by atoms with van der Waals surface area (Å²) in [6.07, 6.45) is 5.28. The Morgan fingerprint density at radius 3 is 2.72 bits per heavy atom. The van der Waals surface area contributed by atoms with Crippen LogP contribution >= 0.6 is 11.6 Å². The van der Waals surface area contributed by atoms with Gasteiger partial charge in [-0.2, -0.15) is 0 Å². The minimum Gasteiger partial charge on any atom is -0.348 e. The van der Waals surface area contributed by atoms with Gasteiger partial charge in [-0.25, -0.2) is 9.50 Å². The van der Waals surface area contributed by atoms with Crippen molar-refractivity contribution in [3.8, 4) is 0 Å². The number of aryl methyl sites for hydroxylation is 1. The minimum atomic E-state index is -0.315. The van der Waals surface area contributed by atoms with Crippen LogP contribution in [-0.4, -0.2) is 25.5 Å². The Balaban J connectivity index is 1.62. The molecule has 1 amide bonds. The maximum absolute atomic E-state index is 13.0. The highest BCUT2D eigenvalue weighted by Crippen LogP contribution is 2.15. The Kier molecular flexibility index (Phi) is 5.14. The van der Waals surface area contributed by atoms with Gasteiger partial charge in [0, 0.05) is 47.8 Å². The van der Waals surface area contributed by atoms with Crippen molar-refractivity contribution in [2.75, 3.05) is 0 Å². The van der Waals surface area contributed by atoms with Crippen molar-refractivity contribution >= 4 is 23.2 Å². The lowest BCUT2D eigenvalue weighted by atomic mass is 10.1. The molecule has 1 aromatic carbocycles. The van der Waals surface area contributed by atoms with Gasteiger partial charge < -0.3 is 5.32 Å². The van der Waals surface area contributed by atoms with Crippen LogP contribution in [0.25, 0.3) is 5.65 Å². The van der Waals surface area contributed by atoms with Crippen LogP contribution in [0.1, 0.15) is 32.7 Å². The van der Waals surface area contributed by atoms with E-state index in [1.54, 1.807) is 37.5 Å². The van der Waals surface area contributed by atoms with Crippen LogP contribution in [0.2, 0.25) is 5.02 Å². The van der Waals surface area contributed by atoms with Crippen molar-refractivity contribution < 1.29 is 4.79 Å². The third kappa shape index (κ3) is 3.90. The molecule has 0 aliphatic carbocycles. The number of pyridine rings is 1. The zero-order valence-corrected chi connectivity index (χ0v) is 16.4. The lowest BCUT2D eigenvalue weighted by Gasteiger charge is -2.07. The molecule has 0 bridgehead atoms. The predicted octanol–water partition coefficient (Wildman–Crippen LogP) is 2.90. The van der Waals surface area contributed by atoms with Gasteiger partial charge in [0.25, 0.3) is 11.5 Å². The Morgan fingerprint density at radius 2 is 2.00 bits per heavy atom. The van der Waals surface area contributed by atoms with Crippen LogP contribution in [-0.2, 0) is 13.0 Å². The summed E-state index contributed by atoms with van der Waals surface area (Å²) in [6.45, 7) is 2.11. The molecule has 0 saturated carbocycles. The molecule has 0 radical (unpaired) electrons. The number of hydrogen-bond donors (Lipinski definition) is 2. The molecule has 0 spiro atoms. The number of nitrogens with zero attached hydrogens (tertiary/aromatic N) is 3. The van der Waals surface area contributed by atoms with Gasteiger partial charge in [0.1, 0.15) is 5.56 Å². The van der Waals surface area contributed by atoms with Gasteiger partial charge in [-0.3, -0.25) is 19.7 Å². The van der Waals surface area contributed by atoms with Crippen LogP contribution in [0.4, 0.5) is 0 Å². The van der Waals surface area contributed by atoms with Crippen LogP contribution < -0.4 is 10.9 Å². The van der Waals surface area contributed by atoms with E-state index in [0.29, 0.717) is 40.5 Å². The number of rotatable bonds is 5. The standard InChI is InChI=1S/C21H18ClN5O2/c1-13-17(9-14-4-6-16(22)7-5-14)21(29)27-19(26-13)18(12-25-27)20(28)24-11-15-3-2-8-23-10-15/h2-8,10,12,25H,9,11H2,1H3,(H,24,28). The zero-order valence-electron chi connectivity index (χ0n) is 15.6. The second-order valence-electron chi connectivity index (χ2n) is 6.67. The number of halogens is 1. The van der Waals surface area contributed by atoms with Gasteiger partial charge in [0.05, 0.1) is 0 Å². The van der Waals surface area contributed by atoms with Gasteiger partial charge in [0.2, 0.25) is 0 Å². The van der Waals surface area contributed by atoms with E-state index in [4.69, 9.17) is 11.6 Å². The molecule has 7 nitrogen and oxygen atoms in total. The Hall–Kier alpha value is -3.45. The van der Waals surface area contributed by atoms with Crippen LogP contribution in [0.5, 0.6) is 0 Å². The minimum absolute atomic E-state index is 0.228. The van der Waals surface area contributed by atoms with Crippen molar-refractivity contribution in [3.05, 3.63) is 98.3 Å². The fourth-order valence-electron chi connectivity index (χ4n) is 3.11. The molecule has 0 saturated heterocycles. The van der Waals surface area contributed by atoms with Crippen LogP contribution in [0.15, 0.2) is 59.8 Å². The molecule has 8 heteroatoms. The number of aromatic nitrogens is 4. The first-order valence-corrected chi connectivity index (χ1v) is 9.42. The highest BCUT2D eigenvalue weighted by Gasteiger charge is 2.18. The van der Waals surface area contributed by atoms with E-state index in [-0.39, 0.29) is 11.5 Å². The quantitative estimate of drug-likeness (QED) is 0.532. The maximum atomic E-state index is 13.0. The fraction of sp³-hybridized carbons (Fsp3) is 0.143. The van der Waals surface area contributed by atoms with Crippen LogP contribution in [0.3, 0.4) is 0 Å². The molecule has 3 heterocycles. The van der Waals surface area contributed by atoms with Crippen LogP contribution in [0, 0.1) is 6.92 Å². The maximum Gasteiger partial charge on any atom is 0.276 e. The lowest BCUT2D eigenvalue weighted by Crippen LogP contribution is -2.25. The first-order valence-electron chi connectivity index (χ1n) is 9.04. The van der Waals surface area contributed by atoms with Gasteiger partial charge in [0.15, 0.2) is 5.65 Å². The monoisotopic (exact) mass is 407 g/mol. The van der Waals surface area contributed by atoms with Crippen molar-refractivity contribution in [1.82, 2.24) is 24.9 Å². The average molecular weight is 408 g/mol. The summed E-state index contributed by atoms with van der Waals surface area (Å²) in [6, 6.07) is 11.0. The number of carbonyl (C=O) groups excluding carboxylic acids is 1. The number of H-pyrrole nitrogens is 1. The summed E-state index contributed by atoms with van der Waals surface area (Å²) in [7, 11) is 0. The Labute approximate surface area is 171 Å². The summed E-state index contributed by atoms with van der Waals surface area (Å²) in [5, 5.41) is 6.31. The Bertz CT molecular complexity index is 1230. The lowest BCUT2D eigenvalue weighted by molar-refractivity contribution is 0.0952. The van der Waals surface area contributed by atoms with E-state index < -0.39 is 0 Å². The highest BCUT2D eigenvalue weighted by molar-refractivity contribution is 6.30. The van der Waals surface area contributed by atoms with Crippen molar-refractivity contribution in [1.29, 1.82) is 0 Å². The smallest absolute Gasteiger partial charge is 0.276 e. The first kappa shape index (κ1) is 18.9. The van der Waals surface area contributed by atoms with Gasteiger partial charge in [-0.05, 0) is 36.2 Å². The molecule has 2 N–H and O–H groups in total. The molecule has 0 unspecified atom stereocenters. The second-order valence-corrected chi connectivity index (χ2v) is 7.11. The molecule has 3 aromatic heterocycles. The molecule has 29 heavy (non-hydrogen) atoms. The van der Waals surface area contributed by atoms with E-state index in [0.717, 1.165) is 11.1 Å². The number of aromatic amines is 1. The molecule has 4 rings (SSSR count). The molecule has 0 aliphatic heterocycles. The van der Waals surface area contributed by atoms with E-state index >= 15 is 0 Å². The molecule has 146 valence electrons. The van der Waals surface area contributed by atoms with Gasteiger partial charge in [-0.15, -0.1) is 0 Å². The molecular formula is C21H18ClN5O2. The highest BCUT2D eigenvalue weighted by atomic mass is 35.5. The fourth-order valence-corrected chi connectivity index (χ4v) is 3.24. The van der Waals surface area contributed by atoms with Crippen molar-refractivity contribution in [3.63, 3.8) is 0 Å². The number of hydrogen-bond acceptors (Lipinski definition) is 4. The van der Waals surface area contributed by atoms with Gasteiger partial charge in [-0.1, -0.05) is 29.8 Å². The molecule has 0 atom stereocenters. The number of carbonyl (C=O) groups is 1. The van der Waals surface area contributed by atoms with Crippen molar-refractivity contribution in [2.45, 2.75) is 19.9 Å². The average Bonchev–Trinajstić information content (AvgIpc) is 3.15. The van der Waals surface area contributed by atoms with E-state index in [2.05, 4.69) is 20.4 Å². The van der Waals surface area contributed by atoms with Crippen molar-refractivity contribution in [2.24, 2.45) is 0 Å². The summed E-state index contributed by atoms with van der Waals surface area (Å²) in [5.74, 6) is -0.315. The largest absolute Gasteiger partial charge is 0.348 e. The summed E-state index contributed by atoms with van der Waals surface area (Å²) < 4.78 is 1.30. The third-order valence-electron chi connectivity index (χ3n) is 4.68. The normalized spacial score (nSPS) is 11.0. The predicted molar refractivity (Wildman–Crippen MR) is 110 cm³/mol. The molecule has 4 aromatic rings. The summed E-state index contributed by atoms with van der Waals surface area (Å²) >= 11 is 5.93. The SMILES string of the molecule is Cc1nc2c(C(=O)NCc3cccnc3)c[nH]n2c(=O)c1Cc1ccc(Cl)cc1.